The zero-order chi connectivity index (χ0) is 11.9. The molecule has 1 aromatic rings. The van der Waals surface area contributed by atoms with Crippen molar-refractivity contribution in [2.45, 2.75) is 71.0 Å². The van der Waals surface area contributed by atoms with Gasteiger partial charge in [0, 0.05) is 31.5 Å². The number of aromatic nitrogens is 1. The highest BCUT2D eigenvalue weighted by Gasteiger charge is 2.19. The van der Waals surface area contributed by atoms with E-state index in [0.29, 0.717) is 0 Å². The van der Waals surface area contributed by atoms with Crippen LogP contribution in [0.3, 0.4) is 0 Å². The first kappa shape index (κ1) is 12.7. The van der Waals surface area contributed by atoms with Gasteiger partial charge in [0.2, 0.25) is 0 Å². The van der Waals surface area contributed by atoms with Gasteiger partial charge in [0.05, 0.1) is 0 Å². The van der Waals surface area contributed by atoms with Gasteiger partial charge in [-0.1, -0.05) is 32.6 Å². The molecule has 0 radical (unpaired) electrons. The van der Waals surface area contributed by atoms with Crippen LogP contribution in [-0.2, 0) is 13.1 Å². The SMILES string of the molecule is CCCCCCCn1ccc(CNC2CC2)c1. The first-order valence-corrected chi connectivity index (χ1v) is 7.26. The first-order chi connectivity index (χ1) is 8.38. The Balaban J connectivity index is 1.59. The van der Waals surface area contributed by atoms with Crippen LogP contribution in [0.2, 0.25) is 0 Å². The number of nitrogens with zero attached hydrogens (tertiary/aromatic N) is 1. The second-order valence-electron chi connectivity index (χ2n) is 5.33. The maximum atomic E-state index is 3.56. The van der Waals surface area contributed by atoms with Crippen molar-refractivity contribution in [1.82, 2.24) is 9.88 Å². The quantitative estimate of drug-likeness (QED) is 0.645. The number of hydrogen-bond acceptors (Lipinski definition) is 1. The molecule has 0 saturated heterocycles. The van der Waals surface area contributed by atoms with Crippen LogP contribution in [0, 0.1) is 0 Å². The summed E-state index contributed by atoms with van der Waals surface area (Å²) in [6, 6.07) is 3.06. The number of hydrogen-bond donors (Lipinski definition) is 1. The summed E-state index contributed by atoms with van der Waals surface area (Å²) in [5.74, 6) is 0. The summed E-state index contributed by atoms with van der Waals surface area (Å²) in [4.78, 5) is 0. The lowest BCUT2D eigenvalue weighted by atomic mass is 10.1. The van der Waals surface area contributed by atoms with Gasteiger partial charge in [0.25, 0.3) is 0 Å². The summed E-state index contributed by atoms with van der Waals surface area (Å²) in [7, 11) is 0. The van der Waals surface area contributed by atoms with E-state index in [1.807, 2.05) is 0 Å². The lowest BCUT2D eigenvalue weighted by Crippen LogP contribution is -2.14. The van der Waals surface area contributed by atoms with Crippen LogP contribution in [0.15, 0.2) is 18.5 Å². The number of aryl methyl sites for hydroxylation is 1. The average molecular weight is 234 g/mol. The Morgan fingerprint density at radius 2 is 2.06 bits per heavy atom. The molecule has 0 unspecified atom stereocenters. The van der Waals surface area contributed by atoms with E-state index in [9.17, 15) is 0 Å². The smallest absolute Gasteiger partial charge is 0.0223 e. The third-order valence-corrected chi connectivity index (χ3v) is 3.50. The van der Waals surface area contributed by atoms with E-state index in [2.05, 4.69) is 35.3 Å². The highest BCUT2D eigenvalue weighted by molar-refractivity contribution is 5.10. The molecular weight excluding hydrogens is 208 g/mol. The zero-order valence-electron chi connectivity index (χ0n) is 11.1. The monoisotopic (exact) mass is 234 g/mol. The Labute approximate surface area is 105 Å². The summed E-state index contributed by atoms with van der Waals surface area (Å²) < 4.78 is 2.34. The van der Waals surface area contributed by atoms with Crippen molar-refractivity contribution in [1.29, 1.82) is 0 Å². The lowest BCUT2D eigenvalue weighted by Gasteiger charge is -2.03. The molecule has 0 atom stereocenters. The van der Waals surface area contributed by atoms with E-state index in [1.165, 1.54) is 57.1 Å². The highest BCUT2D eigenvalue weighted by atomic mass is 15.0. The average Bonchev–Trinajstić information content (AvgIpc) is 3.06. The molecule has 96 valence electrons. The van der Waals surface area contributed by atoms with Gasteiger partial charge in [-0.2, -0.15) is 0 Å². The van der Waals surface area contributed by atoms with E-state index in [1.54, 1.807) is 0 Å². The molecule has 2 nitrogen and oxygen atoms in total. The molecule has 0 amide bonds. The van der Waals surface area contributed by atoms with Crippen molar-refractivity contribution in [2.75, 3.05) is 0 Å². The summed E-state index contributed by atoms with van der Waals surface area (Å²) in [6.45, 7) is 4.51. The van der Waals surface area contributed by atoms with Crippen LogP contribution in [0.4, 0.5) is 0 Å². The van der Waals surface area contributed by atoms with Crippen LogP contribution in [0.5, 0.6) is 0 Å². The van der Waals surface area contributed by atoms with Gasteiger partial charge in [-0.25, -0.2) is 0 Å². The minimum atomic E-state index is 0.812. The van der Waals surface area contributed by atoms with Gasteiger partial charge in [-0.3, -0.25) is 0 Å². The Morgan fingerprint density at radius 3 is 2.82 bits per heavy atom. The maximum Gasteiger partial charge on any atom is 0.0223 e. The van der Waals surface area contributed by atoms with E-state index in [4.69, 9.17) is 0 Å². The van der Waals surface area contributed by atoms with Gasteiger partial charge >= 0.3 is 0 Å². The third kappa shape index (κ3) is 4.95. The number of nitrogens with one attached hydrogen (secondary N) is 1. The molecule has 1 aromatic heterocycles. The van der Waals surface area contributed by atoms with Gasteiger partial charge in [-0.05, 0) is 30.9 Å². The number of unbranched alkanes of at least 4 members (excludes halogenated alkanes) is 4. The van der Waals surface area contributed by atoms with E-state index in [-0.39, 0.29) is 0 Å². The summed E-state index contributed by atoms with van der Waals surface area (Å²) >= 11 is 0. The maximum absolute atomic E-state index is 3.56. The molecule has 1 aliphatic rings. The molecule has 17 heavy (non-hydrogen) atoms. The van der Waals surface area contributed by atoms with Crippen LogP contribution in [0.25, 0.3) is 0 Å². The second kappa shape index (κ2) is 6.85. The standard InChI is InChI=1S/C15H26N2/c1-2-3-4-5-6-10-17-11-9-14(13-17)12-16-15-7-8-15/h9,11,13,15-16H,2-8,10,12H2,1H3. The minimum absolute atomic E-state index is 0.812. The summed E-state index contributed by atoms with van der Waals surface area (Å²) in [5, 5.41) is 3.56. The molecule has 0 aliphatic heterocycles. The molecule has 1 heterocycles. The van der Waals surface area contributed by atoms with Crippen LogP contribution >= 0.6 is 0 Å². The largest absolute Gasteiger partial charge is 0.354 e. The molecule has 2 heteroatoms. The Kier molecular flexibility index (Phi) is 5.11. The van der Waals surface area contributed by atoms with Gasteiger partial charge in [-0.15, -0.1) is 0 Å². The fraction of sp³-hybridized carbons (Fsp3) is 0.733. The topological polar surface area (TPSA) is 17.0 Å². The Morgan fingerprint density at radius 1 is 1.24 bits per heavy atom. The van der Waals surface area contributed by atoms with E-state index in [0.717, 1.165) is 12.6 Å². The normalized spacial score (nSPS) is 15.4. The Bertz CT molecular complexity index is 312. The molecular formula is C15H26N2. The predicted octanol–water partition coefficient (Wildman–Crippen LogP) is 3.71. The molecule has 1 fully saturated rings. The van der Waals surface area contributed by atoms with Gasteiger partial charge < -0.3 is 9.88 Å². The first-order valence-electron chi connectivity index (χ1n) is 7.26. The van der Waals surface area contributed by atoms with Crippen molar-refractivity contribution in [3.63, 3.8) is 0 Å². The van der Waals surface area contributed by atoms with Gasteiger partial charge in [0.15, 0.2) is 0 Å². The molecule has 0 spiro atoms. The van der Waals surface area contributed by atoms with Crippen LogP contribution < -0.4 is 5.32 Å². The fourth-order valence-corrected chi connectivity index (χ4v) is 2.18. The van der Waals surface area contributed by atoms with Gasteiger partial charge in [0.1, 0.15) is 0 Å². The number of rotatable bonds is 9. The van der Waals surface area contributed by atoms with Crippen molar-refractivity contribution in [2.24, 2.45) is 0 Å². The highest BCUT2D eigenvalue weighted by Crippen LogP contribution is 2.19. The van der Waals surface area contributed by atoms with E-state index >= 15 is 0 Å². The third-order valence-electron chi connectivity index (χ3n) is 3.50. The second-order valence-corrected chi connectivity index (χ2v) is 5.33. The Hall–Kier alpha value is -0.760. The summed E-state index contributed by atoms with van der Waals surface area (Å²) in [6.07, 6.45) is 14.1. The van der Waals surface area contributed by atoms with Crippen molar-refractivity contribution in [3.8, 4) is 0 Å². The van der Waals surface area contributed by atoms with Crippen molar-refractivity contribution < 1.29 is 0 Å². The molecule has 1 N–H and O–H groups in total. The molecule has 1 saturated carbocycles. The summed E-state index contributed by atoms with van der Waals surface area (Å²) in [5.41, 5.74) is 1.44. The molecule has 0 aromatic carbocycles. The van der Waals surface area contributed by atoms with Crippen molar-refractivity contribution in [3.05, 3.63) is 24.0 Å². The molecule has 2 rings (SSSR count). The van der Waals surface area contributed by atoms with Crippen LogP contribution in [0.1, 0.15) is 57.4 Å². The van der Waals surface area contributed by atoms with Crippen LogP contribution in [-0.4, -0.2) is 10.6 Å². The molecule has 0 bridgehead atoms. The predicted molar refractivity (Wildman–Crippen MR) is 73.1 cm³/mol. The van der Waals surface area contributed by atoms with Crippen molar-refractivity contribution >= 4 is 0 Å². The fourth-order valence-electron chi connectivity index (χ4n) is 2.18. The molecule has 1 aliphatic carbocycles. The minimum Gasteiger partial charge on any atom is -0.354 e. The zero-order valence-corrected chi connectivity index (χ0v) is 11.1. The lowest BCUT2D eigenvalue weighted by molar-refractivity contribution is 0.568. The van der Waals surface area contributed by atoms with E-state index < -0.39 is 0 Å².